The number of amides is 3. The molecule has 0 atom stereocenters. The molecule has 0 saturated carbocycles. The van der Waals surface area contributed by atoms with E-state index in [0.717, 1.165) is 36.1 Å². The number of fused-ring (bicyclic) bond motifs is 1. The second-order valence-corrected chi connectivity index (χ2v) is 8.89. The molecule has 160 valence electrons. The van der Waals surface area contributed by atoms with Crippen molar-refractivity contribution in [3.8, 4) is 5.75 Å². The van der Waals surface area contributed by atoms with Gasteiger partial charge in [-0.2, -0.15) is 0 Å². The van der Waals surface area contributed by atoms with Crippen LogP contribution in [0.3, 0.4) is 0 Å². The number of anilines is 2. The Morgan fingerprint density at radius 1 is 1.10 bits per heavy atom. The van der Waals surface area contributed by atoms with Gasteiger partial charge < -0.3 is 21.1 Å². The summed E-state index contributed by atoms with van der Waals surface area (Å²) in [6.07, 6.45) is 3.83. The third-order valence-corrected chi connectivity index (χ3v) is 6.74. The van der Waals surface area contributed by atoms with E-state index in [-0.39, 0.29) is 23.3 Å². The number of primary amides is 1. The summed E-state index contributed by atoms with van der Waals surface area (Å²) in [5.41, 5.74) is 7.58. The van der Waals surface area contributed by atoms with Gasteiger partial charge in [0.25, 0.3) is 5.91 Å². The van der Waals surface area contributed by atoms with Crippen molar-refractivity contribution in [2.75, 3.05) is 28.7 Å². The standard InChI is InChI=1S/C21H25N3O4S2/c1-2-28-15-9-5-4-8-14(15)23-17(25)11-29-12-18(26)24-21-19(20(22)27)13-7-3-6-10-16(13)30-21/h4-5,8-9H,2-3,6-7,10-12H2,1H3,(H2,22,27)(H,23,25)(H,24,26). The van der Waals surface area contributed by atoms with Gasteiger partial charge in [0.1, 0.15) is 10.8 Å². The molecule has 1 aromatic heterocycles. The monoisotopic (exact) mass is 447 g/mol. The number of aryl methyl sites for hydroxylation is 1. The molecule has 3 amide bonds. The maximum Gasteiger partial charge on any atom is 0.251 e. The number of benzene rings is 1. The van der Waals surface area contributed by atoms with E-state index >= 15 is 0 Å². The summed E-state index contributed by atoms with van der Waals surface area (Å²) in [5.74, 6) is -0.159. The van der Waals surface area contributed by atoms with E-state index in [1.165, 1.54) is 23.1 Å². The molecule has 1 heterocycles. The molecule has 3 rings (SSSR count). The van der Waals surface area contributed by atoms with E-state index in [1.54, 1.807) is 12.1 Å². The average Bonchev–Trinajstić information content (AvgIpc) is 3.07. The highest BCUT2D eigenvalue weighted by molar-refractivity contribution is 8.00. The zero-order valence-electron chi connectivity index (χ0n) is 16.8. The fourth-order valence-electron chi connectivity index (χ4n) is 3.35. The average molecular weight is 448 g/mol. The van der Waals surface area contributed by atoms with Crippen LogP contribution in [-0.4, -0.2) is 35.8 Å². The van der Waals surface area contributed by atoms with Gasteiger partial charge in [0.15, 0.2) is 0 Å². The molecule has 7 nitrogen and oxygen atoms in total. The van der Waals surface area contributed by atoms with Crippen molar-refractivity contribution in [3.63, 3.8) is 0 Å². The summed E-state index contributed by atoms with van der Waals surface area (Å²) in [6, 6.07) is 7.21. The molecule has 2 aromatic rings. The van der Waals surface area contributed by atoms with Crippen LogP contribution in [-0.2, 0) is 22.4 Å². The van der Waals surface area contributed by atoms with Gasteiger partial charge in [0.2, 0.25) is 11.8 Å². The minimum atomic E-state index is -0.510. The summed E-state index contributed by atoms with van der Waals surface area (Å²) in [7, 11) is 0. The first-order chi connectivity index (χ1) is 14.5. The highest BCUT2D eigenvalue weighted by atomic mass is 32.2. The maximum atomic E-state index is 12.4. The number of hydrogen-bond acceptors (Lipinski definition) is 6. The smallest absolute Gasteiger partial charge is 0.251 e. The molecule has 30 heavy (non-hydrogen) atoms. The Kier molecular flexibility index (Phi) is 7.75. The van der Waals surface area contributed by atoms with Crippen molar-refractivity contribution in [2.45, 2.75) is 32.6 Å². The van der Waals surface area contributed by atoms with Crippen molar-refractivity contribution in [2.24, 2.45) is 5.73 Å². The van der Waals surface area contributed by atoms with Gasteiger partial charge >= 0.3 is 0 Å². The van der Waals surface area contributed by atoms with Crippen LogP contribution >= 0.6 is 23.1 Å². The van der Waals surface area contributed by atoms with Gasteiger partial charge in [-0.1, -0.05) is 12.1 Å². The molecule has 0 fully saturated rings. The first-order valence-electron chi connectivity index (χ1n) is 9.83. The first kappa shape index (κ1) is 22.2. The van der Waals surface area contributed by atoms with E-state index < -0.39 is 5.91 Å². The zero-order chi connectivity index (χ0) is 21.5. The third-order valence-electron chi connectivity index (χ3n) is 4.60. The summed E-state index contributed by atoms with van der Waals surface area (Å²) in [6.45, 7) is 2.38. The number of carbonyl (C=O) groups excluding carboxylic acids is 3. The Hall–Kier alpha value is -2.52. The van der Waals surface area contributed by atoms with Gasteiger partial charge in [-0.05, 0) is 50.3 Å². The van der Waals surface area contributed by atoms with Crippen molar-refractivity contribution < 1.29 is 19.1 Å². The van der Waals surface area contributed by atoms with Gasteiger partial charge in [-0.25, -0.2) is 0 Å². The Labute approximate surface area is 183 Å². The van der Waals surface area contributed by atoms with Crippen LogP contribution < -0.4 is 21.1 Å². The van der Waals surface area contributed by atoms with E-state index in [1.807, 2.05) is 19.1 Å². The second kappa shape index (κ2) is 10.5. The van der Waals surface area contributed by atoms with E-state index in [4.69, 9.17) is 10.5 Å². The van der Waals surface area contributed by atoms with Crippen LogP contribution in [0.5, 0.6) is 5.75 Å². The molecule has 1 aliphatic carbocycles. The van der Waals surface area contributed by atoms with Crippen LogP contribution in [0.4, 0.5) is 10.7 Å². The van der Waals surface area contributed by atoms with Crippen molar-refractivity contribution in [1.29, 1.82) is 0 Å². The lowest BCUT2D eigenvalue weighted by Gasteiger charge is -2.11. The molecule has 4 N–H and O–H groups in total. The summed E-state index contributed by atoms with van der Waals surface area (Å²) in [4.78, 5) is 37.6. The molecule has 1 aliphatic rings. The van der Waals surface area contributed by atoms with Gasteiger partial charge in [0.05, 0.1) is 29.4 Å². The van der Waals surface area contributed by atoms with Gasteiger partial charge in [0, 0.05) is 4.88 Å². The normalized spacial score (nSPS) is 12.7. The Morgan fingerprint density at radius 3 is 2.53 bits per heavy atom. The lowest BCUT2D eigenvalue weighted by molar-refractivity contribution is -0.114. The number of hydrogen-bond donors (Lipinski definition) is 3. The summed E-state index contributed by atoms with van der Waals surface area (Å²) < 4.78 is 5.49. The number of carbonyl (C=O) groups is 3. The van der Waals surface area contributed by atoms with Gasteiger partial charge in [-0.15, -0.1) is 23.1 Å². The molecule has 0 spiro atoms. The molecule has 0 unspecified atom stereocenters. The van der Waals surface area contributed by atoms with E-state index in [0.29, 0.717) is 28.6 Å². The lowest BCUT2D eigenvalue weighted by Crippen LogP contribution is -2.21. The fraction of sp³-hybridized carbons (Fsp3) is 0.381. The first-order valence-corrected chi connectivity index (χ1v) is 11.8. The quantitative estimate of drug-likeness (QED) is 0.545. The summed E-state index contributed by atoms with van der Waals surface area (Å²) in [5, 5.41) is 6.13. The highest BCUT2D eigenvalue weighted by Crippen LogP contribution is 2.37. The van der Waals surface area contributed by atoms with Gasteiger partial charge in [-0.3, -0.25) is 14.4 Å². The molecular weight excluding hydrogens is 422 g/mol. The highest BCUT2D eigenvalue weighted by Gasteiger charge is 2.24. The molecule has 0 aliphatic heterocycles. The van der Waals surface area contributed by atoms with Crippen LogP contribution in [0.1, 0.15) is 40.6 Å². The van der Waals surface area contributed by atoms with E-state index in [2.05, 4.69) is 10.6 Å². The third kappa shape index (κ3) is 5.54. The number of nitrogens with two attached hydrogens (primary N) is 1. The fourth-order valence-corrected chi connectivity index (χ4v) is 5.28. The largest absolute Gasteiger partial charge is 0.492 e. The minimum Gasteiger partial charge on any atom is -0.492 e. The Bertz CT molecular complexity index is 942. The molecule has 9 heteroatoms. The second-order valence-electron chi connectivity index (χ2n) is 6.80. The molecule has 0 bridgehead atoms. The van der Waals surface area contributed by atoms with Crippen LogP contribution in [0.25, 0.3) is 0 Å². The van der Waals surface area contributed by atoms with Crippen LogP contribution in [0.15, 0.2) is 24.3 Å². The van der Waals surface area contributed by atoms with Crippen LogP contribution in [0.2, 0.25) is 0 Å². The number of para-hydroxylation sites is 2. The maximum absolute atomic E-state index is 12.4. The minimum absolute atomic E-state index is 0.0985. The number of nitrogens with one attached hydrogen (secondary N) is 2. The van der Waals surface area contributed by atoms with Crippen molar-refractivity contribution in [3.05, 3.63) is 40.3 Å². The Balaban J connectivity index is 1.52. The zero-order valence-corrected chi connectivity index (χ0v) is 18.4. The number of thiophene rings is 1. The Morgan fingerprint density at radius 2 is 1.80 bits per heavy atom. The summed E-state index contributed by atoms with van der Waals surface area (Å²) >= 11 is 2.63. The predicted octanol–water partition coefficient (Wildman–Crippen LogP) is 3.43. The van der Waals surface area contributed by atoms with Crippen LogP contribution in [0, 0.1) is 0 Å². The molecule has 1 aromatic carbocycles. The number of ether oxygens (including phenoxy) is 1. The number of thioether (sulfide) groups is 1. The molecule has 0 saturated heterocycles. The van der Waals surface area contributed by atoms with Crippen molar-refractivity contribution in [1.82, 2.24) is 0 Å². The SMILES string of the molecule is CCOc1ccccc1NC(=O)CSCC(=O)Nc1sc2c(c1C(N)=O)CCCC2. The predicted molar refractivity (Wildman–Crippen MR) is 122 cm³/mol. The number of rotatable bonds is 9. The lowest BCUT2D eigenvalue weighted by atomic mass is 9.95. The molecule has 0 radical (unpaired) electrons. The molecular formula is C21H25N3O4S2. The van der Waals surface area contributed by atoms with E-state index in [9.17, 15) is 14.4 Å². The van der Waals surface area contributed by atoms with Crippen molar-refractivity contribution >= 4 is 51.5 Å². The topological polar surface area (TPSA) is 111 Å².